The molecule has 196 valence electrons. The molecular formula is C26H22F4N6O2. The van der Waals surface area contributed by atoms with E-state index in [0.717, 1.165) is 18.9 Å². The van der Waals surface area contributed by atoms with Gasteiger partial charge >= 0.3 is 6.18 Å². The molecule has 0 aliphatic heterocycles. The Bertz CT molecular complexity index is 1590. The van der Waals surface area contributed by atoms with Crippen molar-refractivity contribution in [3.8, 4) is 16.9 Å². The first-order valence-corrected chi connectivity index (χ1v) is 11.8. The minimum absolute atomic E-state index is 0.00255. The van der Waals surface area contributed by atoms with Crippen molar-refractivity contribution in [3.63, 3.8) is 0 Å². The molecule has 0 bridgehead atoms. The lowest BCUT2D eigenvalue weighted by Crippen LogP contribution is -2.30. The maximum Gasteiger partial charge on any atom is 0.419 e. The molecule has 3 aromatic heterocycles. The summed E-state index contributed by atoms with van der Waals surface area (Å²) in [7, 11) is 1.71. The molecule has 8 nitrogen and oxygen atoms in total. The van der Waals surface area contributed by atoms with Crippen LogP contribution in [0.2, 0.25) is 0 Å². The molecule has 0 saturated heterocycles. The number of carbonyl (C=O) groups is 1. The largest absolute Gasteiger partial charge is 0.419 e. The molecule has 5 rings (SSSR count). The molecule has 1 aliphatic carbocycles. The Balaban J connectivity index is 1.50. The molecule has 3 heterocycles. The summed E-state index contributed by atoms with van der Waals surface area (Å²) < 4.78 is 57.0. The van der Waals surface area contributed by atoms with Gasteiger partial charge in [-0.25, -0.2) is 9.07 Å². The number of nitrogens with zero attached hydrogens (tertiary/aromatic N) is 5. The van der Waals surface area contributed by atoms with Gasteiger partial charge in [0.15, 0.2) is 0 Å². The van der Waals surface area contributed by atoms with Crippen molar-refractivity contribution in [1.29, 1.82) is 0 Å². The number of carbonyl (C=O) groups excluding carboxylic acids is 1. The monoisotopic (exact) mass is 526 g/mol. The number of aryl methyl sites for hydroxylation is 1. The van der Waals surface area contributed by atoms with Gasteiger partial charge in [0.05, 0.1) is 40.9 Å². The van der Waals surface area contributed by atoms with Crippen LogP contribution in [0.3, 0.4) is 0 Å². The summed E-state index contributed by atoms with van der Waals surface area (Å²) in [5.74, 6) is -2.11. The number of rotatable bonds is 6. The van der Waals surface area contributed by atoms with Crippen molar-refractivity contribution in [3.05, 3.63) is 93.5 Å². The number of alkyl halides is 3. The first-order chi connectivity index (χ1) is 18.0. The van der Waals surface area contributed by atoms with Crippen molar-refractivity contribution >= 4 is 5.91 Å². The summed E-state index contributed by atoms with van der Waals surface area (Å²) in [4.78, 5) is 30.8. The lowest BCUT2D eigenvalue weighted by Gasteiger charge is -2.18. The zero-order valence-corrected chi connectivity index (χ0v) is 20.3. The molecule has 0 unspecified atom stereocenters. The van der Waals surface area contributed by atoms with Crippen molar-refractivity contribution in [2.45, 2.75) is 37.9 Å². The zero-order valence-electron chi connectivity index (χ0n) is 20.3. The van der Waals surface area contributed by atoms with Gasteiger partial charge in [-0.15, -0.1) is 5.10 Å². The highest BCUT2D eigenvalue weighted by atomic mass is 19.4. The van der Waals surface area contributed by atoms with E-state index in [0.29, 0.717) is 28.6 Å². The minimum atomic E-state index is -4.87. The molecule has 1 fully saturated rings. The molecule has 0 spiro atoms. The van der Waals surface area contributed by atoms with Gasteiger partial charge in [-0.2, -0.15) is 13.2 Å². The molecular weight excluding hydrogens is 504 g/mol. The van der Waals surface area contributed by atoms with Crippen molar-refractivity contribution in [2.75, 3.05) is 0 Å². The van der Waals surface area contributed by atoms with E-state index in [2.05, 4.69) is 20.6 Å². The average molecular weight is 526 g/mol. The number of aromatic nitrogens is 5. The fourth-order valence-corrected chi connectivity index (χ4v) is 4.32. The fraction of sp³-hybridized carbons (Fsp3) is 0.269. The summed E-state index contributed by atoms with van der Waals surface area (Å²) in [5.41, 5.74) is 0.271. The molecule has 1 atom stereocenters. The lowest BCUT2D eigenvalue weighted by molar-refractivity contribution is -0.140. The summed E-state index contributed by atoms with van der Waals surface area (Å²) in [6, 6.07) is 5.06. The van der Waals surface area contributed by atoms with E-state index >= 15 is 0 Å². The standard InChI is InChI=1S/C26H22F4N6O2/c1-14(19-4-3-5-21(23(19)27)26(28,29)30)33-24(37)17-9-20(15-6-7-15)25(38)36(13-17)18-8-16(10-31-11-18)22-12-32-34-35(22)2/h3-5,8-15H,6-7H2,1-2H3,(H,33,37)/t14-/m1/s1. The third-order valence-electron chi connectivity index (χ3n) is 6.48. The summed E-state index contributed by atoms with van der Waals surface area (Å²) >= 11 is 0. The normalized spacial score (nSPS) is 14.4. The van der Waals surface area contributed by atoms with Crippen molar-refractivity contribution < 1.29 is 22.4 Å². The second-order valence-corrected chi connectivity index (χ2v) is 9.21. The fourth-order valence-electron chi connectivity index (χ4n) is 4.32. The summed E-state index contributed by atoms with van der Waals surface area (Å²) in [6.07, 6.45) is 2.70. The number of halogens is 4. The maximum atomic E-state index is 14.6. The predicted octanol–water partition coefficient (Wildman–Crippen LogP) is 4.55. The first-order valence-electron chi connectivity index (χ1n) is 11.8. The average Bonchev–Trinajstić information content (AvgIpc) is 3.63. The molecule has 0 radical (unpaired) electrons. The molecule has 38 heavy (non-hydrogen) atoms. The van der Waals surface area contributed by atoms with Gasteiger partial charge in [0, 0.05) is 36.1 Å². The van der Waals surface area contributed by atoms with Crippen LogP contribution in [-0.4, -0.2) is 30.5 Å². The van der Waals surface area contributed by atoms with E-state index in [1.165, 1.54) is 36.0 Å². The van der Waals surface area contributed by atoms with E-state index in [-0.39, 0.29) is 22.6 Å². The van der Waals surface area contributed by atoms with Gasteiger partial charge in [0.1, 0.15) is 5.82 Å². The van der Waals surface area contributed by atoms with Crippen LogP contribution in [0.25, 0.3) is 16.9 Å². The van der Waals surface area contributed by atoms with Crippen molar-refractivity contribution in [2.24, 2.45) is 7.05 Å². The number of hydrogen-bond acceptors (Lipinski definition) is 5. The minimum Gasteiger partial charge on any atom is -0.345 e. The third-order valence-corrected chi connectivity index (χ3v) is 6.48. The number of hydrogen-bond donors (Lipinski definition) is 1. The summed E-state index contributed by atoms with van der Waals surface area (Å²) in [5, 5.41) is 10.3. The Morgan fingerprint density at radius 3 is 2.58 bits per heavy atom. The van der Waals surface area contributed by atoms with Crippen LogP contribution in [0.4, 0.5) is 17.6 Å². The number of pyridine rings is 2. The molecule has 1 aliphatic rings. The Kier molecular flexibility index (Phi) is 6.33. The highest BCUT2D eigenvalue weighted by Gasteiger charge is 2.35. The quantitative estimate of drug-likeness (QED) is 0.372. The molecule has 1 aromatic carbocycles. The third kappa shape index (κ3) is 4.81. The molecule has 1 N–H and O–H groups in total. The molecule has 4 aromatic rings. The Morgan fingerprint density at radius 1 is 1.16 bits per heavy atom. The smallest absolute Gasteiger partial charge is 0.345 e. The second-order valence-electron chi connectivity index (χ2n) is 9.21. The number of benzene rings is 1. The molecule has 12 heteroatoms. The van der Waals surface area contributed by atoms with Crippen LogP contribution >= 0.6 is 0 Å². The van der Waals surface area contributed by atoms with Crippen LogP contribution in [0.1, 0.15) is 58.8 Å². The maximum absolute atomic E-state index is 14.6. The van der Waals surface area contributed by atoms with Crippen LogP contribution in [0, 0.1) is 5.82 Å². The van der Waals surface area contributed by atoms with E-state index in [1.54, 1.807) is 30.2 Å². The molecule has 1 saturated carbocycles. The van der Waals surface area contributed by atoms with Gasteiger partial charge < -0.3 is 5.32 Å². The van der Waals surface area contributed by atoms with Crippen LogP contribution < -0.4 is 10.9 Å². The Hall–Kier alpha value is -4.35. The Morgan fingerprint density at radius 2 is 1.92 bits per heavy atom. The lowest BCUT2D eigenvalue weighted by atomic mass is 10.0. The van der Waals surface area contributed by atoms with Gasteiger partial charge in [0.25, 0.3) is 11.5 Å². The SMILES string of the molecule is C[C@@H](NC(=O)c1cc(C2CC2)c(=O)n(-c2cncc(-c3cnnn3C)c2)c1)c1cccc(C(F)(F)F)c1F. The highest BCUT2D eigenvalue weighted by Crippen LogP contribution is 2.39. The van der Waals surface area contributed by atoms with Gasteiger partial charge in [0.2, 0.25) is 0 Å². The van der Waals surface area contributed by atoms with Crippen molar-refractivity contribution in [1.82, 2.24) is 29.9 Å². The number of nitrogens with one attached hydrogen (secondary N) is 1. The van der Waals surface area contributed by atoms with E-state index in [1.807, 2.05) is 0 Å². The van der Waals surface area contributed by atoms with Gasteiger partial charge in [-0.3, -0.25) is 19.1 Å². The zero-order chi connectivity index (χ0) is 27.2. The molecule has 1 amide bonds. The van der Waals surface area contributed by atoms with Crippen LogP contribution in [0.5, 0.6) is 0 Å². The van der Waals surface area contributed by atoms with E-state index < -0.39 is 29.5 Å². The second kappa shape index (κ2) is 9.51. The van der Waals surface area contributed by atoms with E-state index in [9.17, 15) is 27.2 Å². The highest BCUT2D eigenvalue weighted by molar-refractivity contribution is 5.94. The predicted molar refractivity (Wildman–Crippen MR) is 129 cm³/mol. The topological polar surface area (TPSA) is 94.7 Å². The van der Waals surface area contributed by atoms with Crippen LogP contribution in [-0.2, 0) is 13.2 Å². The van der Waals surface area contributed by atoms with Gasteiger partial charge in [-0.05, 0) is 43.9 Å². The summed E-state index contributed by atoms with van der Waals surface area (Å²) in [6.45, 7) is 1.39. The van der Waals surface area contributed by atoms with Gasteiger partial charge in [-0.1, -0.05) is 17.3 Å². The first kappa shape index (κ1) is 25.3. The van der Waals surface area contributed by atoms with E-state index in [4.69, 9.17) is 0 Å². The van der Waals surface area contributed by atoms with Crippen LogP contribution in [0.15, 0.2) is 59.9 Å². The Labute approximate surface area is 213 Å². The number of amides is 1.